The summed E-state index contributed by atoms with van der Waals surface area (Å²) in [7, 11) is 1.73. The summed E-state index contributed by atoms with van der Waals surface area (Å²) in [5, 5.41) is 14.4. The molecule has 122 valence electrons. The highest BCUT2D eigenvalue weighted by Crippen LogP contribution is 2.15. The summed E-state index contributed by atoms with van der Waals surface area (Å²) in [5.41, 5.74) is 2.93. The Balaban J connectivity index is 0.00000242. The van der Waals surface area contributed by atoms with Crippen LogP contribution in [-0.2, 0) is 25.9 Å². The normalized spacial score (nSPS) is 11.1. The number of aliphatic imine (C=N–C) groups is 1. The second-order valence-corrected chi connectivity index (χ2v) is 4.51. The molecule has 2 aromatic heterocycles. The minimum absolute atomic E-state index is 0. The SMILES string of the molecule is CCc1noc(CC)c1CNC(=NC)NCc1ccon1.I. The molecule has 0 bridgehead atoms. The van der Waals surface area contributed by atoms with E-state index in [9.17, 15) is 0 Å². The van der Waals surface area contributed by atoms with Crippen molar-refractivity contribution in [1.29, 1.82) is 0 Å². The Hall–Kier alpha value is -1.58. The van der Waals surface area contributed by atoms with E-state index in [2.05, 4.69) is 39.8 Å². The first-order valence-electron chi connectivity index (χ1n) is 7.08. The van der Waals surface area contributed by atoms with Crippen LogP contribution in [0.1, 0.15) is 36.6 Å². The van der Waals surface area contributed by atoms with Crippen molar-refractivity contribution >= 4 is 29.9 Å². The van der Waals surface area contributed by atoms with E-state index in [0.29, 0.717) is 19.0 Å². The Morgan fingerprint density at radius 3 is 2.55 bits per heavy atom. The first kappa shape index (κ1) is 18.5. The third-order valence-corrected chi connectivity index (χ3v) is 3.19. The van der Waals surface area contributed by atoms with Crippen molar-refractivity contribution in [3.8, 4) is 0 Å². The molecule has 8 heteroatoms. The maximum Gasteiger partial charge on any atom is 0.191 e. The van der Waals surface area contributed by atoms with Crippen LogP contribution in [0.15, 0.2) is 26.4 Å². The van der Waals surface area contributed by atoms with Crippen molar-refractivity contribution in [3.05, 3.63) is 35.0 Å². The molecule has 22 heavy (non-hydrogen) atoms. The molecule has 2 aromatic rings. The quantitative estimate of drug-likeness (QED) is 0.424. The van der Waals surface area contributed by atoms with Crippen LogP contribution >= 0.6 is 24.0 Å². The number of guanidine groups is 1. The van der Waals surface area contributed by atoms with Gasteiger partial charge in [-0.1, -0.05) is 24.2 Å². The molecule has 0 amide bonds. The molecule has 0 atom stereocenters. The molecule has 0 saturated heterocycles. The maximum absolute atomic E-state index is 5.35. The van der Waals surface area contributed by atoms with E-state index in [1.54, 1.807) is 13.3 Å². The van der Waals surface area contributed by atoms with Crippen LogP contribution in [0.4, 0.5) is 0 Å². The molecule has 0 unspecified atom stereocenters. The lowest BCUT2D eigenvalue weighted by molar-refractivity contribution is 0.380. The zero-order valence-corrected chi connectivity index (χ0v) is 15.4. The summed E-state index contributed by atoms with van der Waals surface area (Å²) in [6.45, 7) is 5.31. The van der Waals surface area contributed by atoms with E-state index in [0.717, 1.165) is 35.6 Å². The van der Waals surface area contributed by atoms with Gasteiger partial charge in [0, 0.05) is 31.6 Å². The molecule has 0 fully saturated rings. The van der Waals surface area contributed by atoms with E-state index in [-0.39, 0.29) is 24.0 Å². The van der Waals surface area contributed by atoms with Gasteiger partial charge in [0.15, 0.2) is 5.96 Å². The predicted octanol–water partition coefficient (Wildman–Crippen LogP) is 2.27. The molecular weight excluding hydrogens is 397 g/mol. The third kappa shape index (κ3) is 4.72. The molecule has 0 aliphatic carbocycles. The Kier molecular flexibility index (Phi) is 7.92. The summed E-state index contributed by atoms with van der Waals surface area (Å²) in [4.78, 5) is 4.18. The summed E-state index contributed by atoms with van der Waals surface area (Å²) in [5.74, 6) is 1.62. The Morgan fingerprint density at radius 2 is 1.95 bits per heavy atom. The summed E-state index contributed by atoms with van der Waals surface area (Å²) in [6.07, 6.45) is 3.23. The van der Waals surface area contributed by atoms with E-state index >= 15 is 0 Å². The van der Waals surface area contributed by atoms with Crippen LogP contribution in [0, 0.1) is 0 Å². The largest absolute Gasteiger partial charge is 0.364 e. The molecule has 0 aromatic carbocycles. The van der Waals surface area contributed by atoms with Gasteiger partial charge in [-0.3, -0.25) is 4.99 Å². The lowest BCUT2D eigenvalue weighted by Gasteiger charge is -2.11. The van der Waals surface area contributed by atoms with Crippen LogP contribution in [0.2, 0.25) is 0 Å². The lowest BCUT2D eigenvalue weighted by Crippen LogP contribution is -2.36. The molecule has 0 radical (unpaired) electrons. The number of aryl methyl sites for hydroxylation is 2. The van der Waals surface area contributed by atoms with Crippen molar-refractivity contribution in [2.24, 2.45) is 4.99 Å². The van der Waals surface area contributed by atoms with E-state index in [1.807, 2.05) is 6.07 Å². The van der Waals surface area contributed by atoms with E-state index in [1.165, 1.54) is 0 Å². The van der Waals surface area contributed by atoms with Crippen LogP contribution in [-0.4, -0.2) is 23.3 Å². The highest BCUT2D eigenvalue weighted by atomic mass is 127. The van der Waals surface area contributed by atoms with Gasteiger partial charge in [0.1, 0.15) is 17.7 Å². The highest BCUT2D eigenvalue weighted by molar-refractivity contribution is 14.0. The van der Waals surface area contributed by atoms with Gasteiger partial charge in [0.2, 0.25) is 0 Å². The summed E-state index contributed by atoms with van der Waals surface area (Å²) in [6, 6.07) is 1.81. The number of halogens is 1. The van der Waals surface area contributed by atoms with Crippen LogP contribution in [0.25, 0.3) is 0 Å². The van der Waals surface area contributed by atoms with Gasteiger partial charge in [0.05, 0.1) is 12.2 Å². The number of aromatic nitrogens is 2. The molecule has 0 spiro atoms. The van der Waals surface area contributed by atoms with Gasteiger partial charge >= 0.3 is 0 Å². The van der Waals surface area contributed by atoms with Gasteiger partial charge in [0.25, 0.3) is 0 Å². The Morgan fingerprint density at radius 1 is 1.18 bits per heavy atom. The first-order chi connectivity index (χ1) is 10.3. The highest BCUT2D eigenvalue weighted by Gasteiger charge is 2.13. The van der Waals surface area contributed by atoms with Crippen LogP contribution in [0.5, 0.6) is 0 Å². The fourth-order valence-corrected chi connectivity index (χ4v) is 2.03. The topological polar surface area (TPSA) is 88.5 Å². The smallest absolute Gasteiger partial charge is 0.191 e. The number of nitrogens with one attached hydrogen (secondary N) is 2. The first-order valence-corrected chi connectivity index (χ1v) is 7.08. The summed E-state index contributed by atoms with van der Waals surface area (Å²) >= 11 is 0. The minimum Gasteiger partial charge on any atom is -0.364 e. The zero-order chi connectivity index (χ0) is 15.1. The summed E-state index contributed by atoms with van der Waals surface area (Å²) < 4.78 is 10.1. The number of rotatable bonds is 6. The number of hydrogen-bond acceptors (Lipinski definition) is 5. The van der Waals surface area contributed by atoms with Gasteiger partial charge in [-0.25, -0.2) is 0 Å². The van der Waals surface area contributed by atoms with Crippen LogP contribution in [0.3, 0.4) is 0 Å². The average Bonchev–Trinajstić information content (AvgIpc) is 3.16. The fourth-order valence-electron chi connectivity index (χ4n) is 2.03. The molecule has 2 heterocycles. The fraction of sp³-hybridized carbons (Fsp3) is 0.500. The third-order valence-electron chi connectivity index (χ3n) is 3.19. The van der Waals surface area contributed by atoms with Crippen molar-refractivity contribution in [2.75, 3.05) is 7.05 Å². The molecule has 0 aliphatic rings. The standard InChI is InChI=1S/C14H21N5O2.HI/c1-4-12-11(13(5-2)21-19-12)9-17-14(15-3)16-8-10-6-7-20-18-10;/h6-7H,4-5,8-9H2,1-3H3,(H2,15,16,17);1H. The molecule has 2 N–H and O–H groups in total. The van der Waals surface area contributed by atoms with Crippen molar-refractivity contribution in [1.82, 2.24) is 20.9 Å². The molecule has 2 rings (SSSR count). The lowest BCUT2D eigenvalue weighted by atomic mass is 10.1. The Labute approximate surface area is 146 Å². The van der Waals surface area contributed by atoms with Crippen molar-refractivity contribution in [3.63, 3.8) is 0 Å². The number of hydrogen-bond donors (Lipinski definition) is 2. The van der Waals surface area contributed by atoms with Gasteiger partial charge in [-0.05, 0) is 6.42 Å². The van der Waals surface area contributed by atoms with Gasteiger partial charge in [-0.2, -0.15) is 0 Å². The predicted molar refractivity (Wildman–Crippen MR) is 94.2 cm³/mol. The average molecular weight is 419 g/mol. The van der Waals surface area contributed by atoms with Crippen LogP contribution < -0.4 is 10.6 Å². The monoisotopic (exact) mass is 419 g/mol. The second-order valence-electron chi connectivity index (χ2n) is 4.51. The molecular formula is C14H22IN5O2. The van der Waals surface area contributed by atoms with Crippen molar-refractivity contribution in [2.45, 2.75) is 39.8 Å². The zero-order valence-electron chi connectivity index (χ0n) is 13.0. The van der Waals surface area contributed by atoms with E-state index < -0.39 is 0 Å². The van der Waals surface area contributed by atoms with E-state index in [4.69, 9.17) is 9.05 Å². The second kappa shape index (κ2) is 9.44. The Bertz CT molecular complexity index is 559. The molecule has 0 saturated carbocycles. The minimum atomic E-state index is 0. The van der Waals surface area contributed by atoms with Gasteiger partial charge in [-0.15, -0.1) is 24.0 Å². The number of nitrogens with zero attached hydrogens (tertiary/aromatic N) is 3. The molecule has 7 nitrogen and oxygen atoms in total. The molecule has 0 aliphatic heterocycles. The van der Waals surface area contributed by atoms with Crippen molar-refractivity contribution < 1.29 is 9.05 Å². The maximum atomic E-state index is 5.35. The van der Waals surface area contributed by atoms with Gasteiger partial charge < -0.3 is 19.7 Å².